The molecule has 0 amide bonds. The molecule has 0 bridgehead atoms. The lowest BCUT2D eigenvalue weighted by Gasteiger charge is -2.05. The maximum absolute atomic E-state index is 10.8. The van der Waals surface area contributed by atoms with Crippen LogP contribution in [-0.4, -0.2) is 28.8 Å². The van der Waals surface area contributed by atoms with Crippen molar-refractivity contribution in [2.24, 2.45) is 0 Å². The minimum Gasteiger partial charge on any atom is -0.478 e. The molecule has 3 rings (SSSR count). The molecule has 0 saturated carbocycles. The SMILES string of the molecule is O=C(O)c1ccc(-c2csc(CC3CCCO3)n2)cc1. The van der Waals surface area contributed by atoms with Crippen molar-refractivity contribution in [3.8, 4) is 11.3 Å². The first-order valence-electron chi connectivity index (χ1n) is 6.62. The second-order valence-electron chi connectivity index (χ2n) is 4.85. The number of benzene rings is 1. The third-order valence-electron chi connectivity index (χ3n) is 3.41. The van der Waals surface area contributed by atoms with E-state index in [1.165, 1.54) is 0 Å². The summed E-state index contributed by atoms with van der Waals surface area (Å²) in [7, 11) is 0. The topological polar surface area (TPSA) is 59.4 Å². The van der Waals surface area contributed by atoms with E-state index in [4.69, 9.17) is 9.84 Å². The van der Waals surface area contributed by atoms with E-state index in [-0.39, 0.29) is 0 Å². The summed E-state index contributed by atoms with van der Waals surface area (Å²) < 4.78 is 5.62. The van der Waals surface area contributed by atoms with Crippen LogP contribution in [-0.2, 0) is 11.2 Å². The van der Waals surface area contributed by atoms with Gasteiger partial charge in [-0.1, -0.05) is 12.1 Å². The molecule has 1 saturated heterocycles. The van der Waals surface area contributed by atoms with E-state index in [9.17, 15) is 4.79 Å². The number of ether oxygens (including phenoxy) is 1. The van der Waals surface area contributed by atoms with Crippen LogP contribution in [0.15, 0.2) is 29.6 Å². The van der Waals surface area contributed by atoms with Crippen molar-refractivity contribution in [3.05, 3.63) is 40.2 Å². The Morgan fingerprint density at radius 2 is 2.20 bits per heavy atom. The Morgan fingerprint density at radius 3 is 2.85 bits per heavy atom. The number of aromatic carboxylic acids is 1. The number of aromatic nitrogens is 1. The Bertz CT molecular complexity index is 600. The third kappa shape index (κ3) is 2.89. The number of carbonyl (C=O) groups is 1. The van der Waals surface area contributed by atoms with E-state index in [0.29, 0.717) is 11.7 Å². The fourth-order valence-electron chi connectivity index (χ4n) is 2.32. The van der Waals surface area contributed by atoms with Gasteiger partial charge >= 0.3 is 5.97 Å². The van der Waals surface area contributed by atoms with Crippen LogP contribution in [0.4, 0.5) is 0 Å². The maximum atomic E-state index is 10.8. The van der Waals surface area contributed by atoms with Crippen LogP contribution in [0.5, 0.6) is 0 Å². The number of carboxylic acid groups (broad SMARTS) is 1. The molecule has 0 aliphatic carbocycles. The highest BCUT2D eigenvalue weighted by Gasteiger charge is 2.17. The summed E-state index contributed by atoms with van der Waals surface area (Å²) in [5, 5.41) is 12.0. The molecule has 2 heterocycles. The Labute approximate surface area is 121 Å². The van der Waals surface area contributed by atoms with Crippen molar-refractivity contribution >= 4 is 17.3 Å². The summed E-state index contributed by atoms with van der Waals surface area (Å²) in [6, 6.07) is 6.82. The first-order valence-corrected chi connectivity index (χ1v) is 7.50. The standard InChI is InChI=1S/C15H15NO3S/c17-15(18)11-5-3-10(4-6-11)13-9-20-14(16-13)8-12-2-1-7-19-12/h3-6,9,12H,1-2,7-8H2,(H,17,18). The summed E-state index contributed by atoms with van der Waals surface area (Å²) in [4.78, 5) is 15.4. The van der Waals surface area contributed by atoms with E-state index in [2.05, 4.69) is 4.98 Å². The van der Waals surface area contributed by atoms with Crippen molar-refractivity contribution in [2.75, 3.05) is 6.61 Å². The van der Waals surface area contributed by atoms with Crippen molar-refractivity contribution < 1.29 is 14.6 Å². The number of thiazole rings is 1. The van der Waals surface area contributed by atoms with Gasteiger partial charge in [-0.25, -0.2) is 9.78 Å². The Hall–Kier alpha value is -1.72. The molecule has 1 aliphatic heterocycles. The molecule has 1 fully saturated rings. The van der Waals surface area contributed by atoms with Gasteiger partial charge in [-0.15, -0.1) is 11.3 Å². The quantitative estimate of drug-likeness (QED) is 0.938. The molecule has 1 aromatic carbocycles. The van der Waals surface area contributed by atoms with Crippen LogP contribution in [0.3, 0.4) is 0 Å². The average molecular weight is 289 g/mol. The first-order chi connectivity index (χ1) is 9.72. The van der Waals surface area contributed by atoms with Crippen molar-refractivity contribution in [2.45, 2.75) is 25.4 Å². The smallest absolute Gasteiger partial charge is 0.335 e. The average Bonchev–Trinajstić information content (AvgIpc) is 3.11. The molecule has 104 valence electrons. The van der Waals surface area contributed by atoms with E-state index in [1.54, 1.807) is 35.6 Å². The molecule has 1 aliphatic rings. The molecule has 5 heteroatoms. The number of hydrogen-bond donors (Lipinski definition) is 1. The van der Waals surface area contributed by atoms with Gasteiger partial charge in [0.1, 0.15) is 0 Å². The van der Waals surface area contributed by atoms with E-state index < -0.39 is 5.97 Å². The fourth-order valence-corrected chi connectivity index (χ4v) is 3.19. The van der Waals surface area contributed by atoms with Gasteiger partial charge in [0.2, 0.25) is 0 Å². The number of rotatable bonds is 4. The Balaban J connectivity index is 1.73. The summed E-state index contributed by atoms with van der Waals surface area (Å²) in [5.41, 5.74) is 2.15. The summed E-state index contributed by atoms with van der Waals surface area (Å²) in [6.07, 6.45) is 3.43. The number of nitrogens with zero attached hydrogens (tertiary/aromatic N) is 1. The van der Waals surface area contributed by atoms with Crippen LogP contribution >= 0.6 is 11.3 Å². The monoisotopic (exact) mass is 289 g/mol. The normalized spacial score (nSPS) is 18.3. The summed E-state index contributed by atoms with van der Waals surface area (Å²) >= 11 is 1.63. The molecule has 2 aromatic rings. The molecule has 0 radical (unpaired) electrons. The van der Waals surface area contributed by atoms with Crippen LogP contribution in [0, 0.1) is 0 Å². The second-order valence-corrected chi connectivity index (χ2v) is 5.79. The molecule has 0 spiro atoms. The fraction of sp³-hybridized carbons (Fsp3) is 0.333. The van der Waals surface area contributed by atoms with E-state index >= 15 is 0 Å². The molecule has 20 heavy (non-hydrogen) atoms. The van der Waals surface area contributed by atoms with Gasteiger partial charge in [-0.3, -0.25) is 0 Å². The zero-order valence-corrected chi connectivity index (χ0v) is 11.7. The third-order valence-corrected chi connectivity index (χ3v) is 4.28. The van der Waals surface area contributed by atoms with Crippen molar-refractivity contribution in [1.29, 1.82) is 0 Å². The lowest BCUT2D eigenvalue weighted by molar-refractivity contribution is 0.0697. The van der Waals surface area contributed by atoms with Gasteiger partial charge in [0.25, 0.3) is 0 Å². The molecule has 4 nitrogen and oxygen atoms in total. The number of hydrogen-bond acceptors (Lipinski definition) is 4. The minimum atomic E-state index is -0.908. The largest absolute Gasteiger partial charge is 0.478 e. The molecule has 1 aromatic heterocycles. The van der Waals surface area contributed by atoms with Crippen LogP contribution in [0.1, 0.15) is 28.2 Å². The molecule has 1 atom stereocenters. The molecule has 1 unspecified atom stereocenters. The Morgan fingerprint density at radius 1 is 1.40 bits per heavy atom. The molecular weight excluding hydrogens is 274 g/mol. The van der Waals surface area contributed by atoms with Crippen LogP contribution in [0.25, 0.3) is 11.3 Å². The van der Waals surface area contributed by atoms with Crippen molar-refractivity contribution in [3.63, 3.8) is 0 Å². The van der Waals surface area contributed by atoms with E-state index in [0.717, 1.165) is 42.1 Å². The van der Waals surface area contributed by atoms with Gasteiger partial charge in [-0.2, -0.15) is 0 Å². The first kappa shape index (κ1) is 13.3. The number of carboxylic acids is 1. The highest BCUT2D eigenvalue weighted by Crippen LogP contribution is 2.25. The van der Waals surface area contributed by atoms with Crippen molar-refractivity contribution in [1.82, 2.24) is 4.98 Å². The molecular formula is C15H15NO3S. The zero-order chi connectivity index (χ0) is 13.9. The summed E-state index contributed by atoms with van der Waals surface area (Å²) in [6.45, 7) is 0.861. The van der Waals surface area contributed by atoms with Gasteiger partial charge in [0, 0.05) is 24.0 Å². The lowest BCUT2D eigenvalue weighted by Crippen LogP contribution is -2.08. The van der Waals surface area contributed by atoms with Crippen LogP contribution < -0.4 is 0 Å². The minimum absolute atomic E-state index is 0.295. The predicted molar refractivity (Wildman–Crippen MR) is 77.2 cm³/mol. The van der Waals surface area contributed by atoms with E-state index in [1.807, 2.05) is 5.38 Å². The highest BCUT2D eigenvalue weighted by atomic mass is 32.1. The van der Waals surface area contributed by atoms with Gasteiger partial charge < -0.3 is 9.84 Å². The predicted octanol–water partition coefficient (Wildman–Crippen LogP) is 3.23. The Kier molecular flexibility index (Phi) is 3.80. The second kappa shape index (κ2) is 5.73. The van der Waals surface area contributed by atoms with Crippen LogP contribution in [0.2, 0.25) is 0 Å². The lowest BCUT2D eigenvalue weighted by atomic mass is 10.1. The summed E-state index contributed by atoms with van der Waals surface area (Å²) in [5.74, 6) is -0.908. The maximum Gasteiger partial charge on any atom is 0.335 e. The van der Waals surface area contributed by atoms with Gasteiger partial charge in [-0.05, 0) is 25.0 Å². The van der Waals surface area contributed by atoms with Gasteiger partial charge in [0.05, 0.1) is 22.4 Å². The van der Waals surface area contributed by atoms with Gasteiger partial charge in [0.15, 0.2) is 0 Å². The zero-order valence-electron chi connectivity index (χ0n) is 10.9. The molecule has 1 N–H and O–H groups in total. The highest BCUT2D eigenvalue weighted by molar-refractivity contribution is 7.09.